The van der Waals surface area contributed by atoms with Crippen LogP contribution in [0.1, 0.15) is 33.1 Å². The molecule has 0 amide bonds. The molecule has 3 heteroatoms. The number of anilines is 1. The number of para-hydroxylation sites is 2. The molecule has 1 heterocycles. The molecule has 1 fully saturated rings. The van der Waals surface area contributed by atoms with E-state index in [-0.39, 0.29) is 0 Å². The van der Waals surface area contributed by atoms with Crippen molar-refractivity contribution in [2.75, 3.05) is 5.32 Å². The summed E-state index contributed by atoms with van der Waals surface area (Å²) in [6, 6.07) is 11.0. The summed E-state index contributed by atoms with van der Waals surface area (Å²) in [4.78, 5) is 0. The quantitative estimate of drug-likeness (QED) is 0.908. The molecule has 3 rings (SSSR count). The smallest absolute Gasteiger partial charge is 0.0876 e. The Kier molecular flexibility index (Phi) is 3.77. The molecule has 3 atom stereocenters. The summed E-state index contributed by atoms with van der Waals surface area (Å²) in [6.07, 6.45) is 7.76. The van der Waals surface area contributed by atoms with Crippen LogP contribution in [-0.4, -0.2) is 15.8 Å². The number of hydrogen-bond acceptors (Lipinski definition) is 2. The molecule has 106 valence electrons. The average Bonchev–Trinajstić information content (AvgIpc) is 2.97. The number of nitrogens with zero attached hydrogens (tertiary/aromatic N) is 2. The van der Waals surface area contributed by atoms with Crippen molar-refractivity contribution in [3.05, 3.63) is 42.7 Å². The maximum Gasteiger partial charge on any atom is 0.0876 e. The molecular formula is C17H23N3. The SMILES string of the molecule is CC1CCC(C)C(Nc2ccccc2-n2cccn2)C1. The van der Waals surface area contributed by atoms with Crippen LogP contribution in [0.25, 0.3) is 5.69 Å². The second-order valence-corrected chi connectivity index (χ2v) is 6.11. The molecule has 0 aliphatic heterocycles. The maximum atomic E-state index is 4.35. The first-order chi connectivity index (χ1) is 9.74. The maximum absolute atomic E-state index is 4.35. The molecule has 3 nitrogen and oxygen atoms in total. The molecule has 0 radical (unpaired) electrons. The Labute approximate surface area is 121 Å². The van der Waals surface area contributed by atoms with Gasteiger partial charge in [-0.15, -0.1) is 0 Å². The van der Waals surface area contributed by atoms with Crippen molar-refractivity contribution < 1.29 is 0 Å². The molecule has 0 saturated heterocycles. The molecule has 0 bridgehead atoms. The Morgan fingerprint density at radius 1 is 1.15 bits per heavy atom. The molecule has 20 heavy (non-hydrogen) atoms. The first-order valence-electron chi connectivity index (χ1n) is 7.59. The van der Waals surface area contributed by atoms with E-state index in [1.54, 1.807) is 0 Å². The average molecular weight is 269 g/mol. The van der Waals surface area contributed by atoms with Crippen LogP contribution >= 0.6 is 0 Å². The minimum Gasteiger partial charge on any atom is -0.380 e. The van der Waals surface area contributed by atoms with Crippen molar-refractivity contribution in [2.45, 2.75) is 39.2 Å². The van der Waals surface area contributed by atoms with E-state index in [2.05, 4.69) is 48.5 Å². The molecule has 1 aromatic carbocycles. The monoisotopic (exact) mass is 269 g/mol. The summed E-state index contributed by atoms with van der Waals surface area (Å²) in [7, 11) is 0. The highest BCUT2D eigenvalue weighted by molar-refractivity contribution is 5.61. The number of hydrogen-bond donors (Lipinski definition) is 1. The fraction of sp³-hybridized carbons (Fsp3) is 0.471. The standard InChI is InChI=1S/C17H23N3/c1-13-8-9-14(2)16(12-13)19-15-6-3-4-7-17(15)20-11-5-10-18-20/h3-7,10-11,13-14,16,19H,8-9,12H2,1-2H3. The van der Waals surface area contributed by atoms with Gasteiger partial charge in [-0.2, -0.15) is 5.10 Å². The van der Waals surface area contributed by atoms with E-state index in [4.69, 9.17) is 0 Å². The third-order valence-electron chi connectivity index (χ3n) is 4.45. The van der Waals surface area contributed by atoms with Gasteiger partial charge in [0.2, 0.25) is 0 Å². The van der Waals surface area contributed by atoms with Gasteiger partial charge in [0.05, 0.1) is 11.4 Å². The van der Waals surface area contributed by atoms with Gasteiger partial charge in [-0.05, 0) is 42.9 Å². The summed E-state index contributed by atoms with van der Waals surface area (Å²) in [6.45, 7) is 4.72. The normalized spacial score (nSPS) is 26.4. The lowest BCUT2D eigenvalue weighted by atomic mass is 9.80. The summed E-state index contributed by atoms with van der Waals surface area (Å²) in [5.41, 5.74) is 2.31. The van der Waals surface area contributed by atoms with Gasteiger partial charge in [0, 0.05) is 18.4 Å². The van der Waals surface area contributed by atoms with Crippen LogP contribution in [0.2, 0.25) is 0 Å². The minimum absolute atomic E-state index is 0.565. The summed E-state index contributed by atoms with van der Waals surface area (Å²) >= 11 is 0. The van der Waals surface area contributed by atoms with Gasteiger partial charge < -0.3 is 5.32 Å². The van der Waals surface area contributed by atoms with Crippen LogP contribution in [0.15, 0.2) is 42.7 Å². The Balaban J connectivity index is 1.84. The van der Waals surface area contributed by atoms with Gasteiger partial charge in [0.25, 0.3) is 0 Å². The third-order valence-corrected chi connectivity index (χ3v) is 4.45. The molecule has 1 saturated carbocycles. The zero-order valence-electron chi connectivity index (χ0n) is 12.3. The van der Waals surface area contributed by atoms with E-state index in [0.29, 0.717) is 6.04 Å². The van der Waals surface area contributed by atoms with E-state index < -0.39 is 0 Å². The van der Waals surface area contributed by atoms with Crippen molar-refractivity contribution in [3.63, 3.8) is 0 Å². The first-order valence-corrected chi connectivity index (χ1v) is 7.59. The lowest BCUT2D eigenvalue weighted by Crippen LogP contribution is -2.33. The highest BCUT2D eigenvalue weighted by Crippen LogP contribution is 2.32. The fourth-order valence-corrected chi connectivity index (χ4v) is 3.14. The van der Waals surface area contributed by atoms with Crippen LogP contribution in [0.3, 0.4) is 0 Å². The van der Waals surface area contributed by atoms with Crippen LogP contribution in [0.5, 0.6) is 0 Å². The summed E-state index contributed by atoms with van der Waals surface area (Å²) in [5.74, 6) is 1.55. The zero-order valence-corrected chi connectivity index (χ0v) is 12.3. The van der Waals surface area contributed by atoms with Gasteiger partial charge in [0.1, 0.15) is 0 Å². The van der Waals surface area contributed by atoms with Gasteiger partial charge >= 0.3 is 0 Å². The molecule has 2 aromatic rings. The van der Waals surface area contributed by atoms with E-state index >= 15 is 0 Å². The van der Waals surface area contributed by atoms with Crippen molar-refractivity contribution in [1.82, 2.24) is 9.78 Å². The predicted octanol–water partition coefficient (Wildman–Crippen LogP) is 4.11. The van der Waals surface area contributed by atoms with Crippen LogP contribution in [0.4, 0.5) is 5.69 Å². The van der Waals surface area contributed by atoms with Crippen LogP contribution in [0, 0.1) is 11.8 Å². The van der Waals surface area contributed by atoms with Crippen LogP contribution < -0.4 is 5.32 Å². The zero-order chi connectivity index (χ0) is 13.9. The Morgan fingerprint density at radius 3 is 2.80 bits per heavy atom. The Hall–Kier alpha value is -1.77. The second kappa shape index (κ2) is 5.70. The summed E-state index contributed by atoms with van der Waals surface area (Å²) < 4.78 is 1.93. The molecule has 1 N–H and O–H groups in total. The van der Waals surface area contributed by atoms with E-state index in [1.807, 2.05) is 23.1 Å². The van der Waals surface area contributed by atoms with Gasteiger partial charge in [-0.1, -0.05) is 32.4 Å². The lowest BCUT2D eigenvalue weighted by molar-refractivity contribution is 0.280. The third kappa shape index (κ3) is 2.72. The highest BCUT2D eigenvalue weighted by Gasteiger charge is 2.25. The topological polar surface area (TPSA) is 29.9 Å². The lowest BCUT2D eigenvalue weighted by Gasteiger charge is -2.34. The van der Waals surface area contributed by atoms with Crippen molar-refractivity contribution in [3.8, 4) is 5.69 Å². The van der Waals surface area contributed by atoms with E-state index in [0.717, 1.165) is 17.5 Å². The van der Waals surface area contributed by atoms with E-state index in [1.165, 1.54) is 24.9 Å². The summed E-state index contributed by atoms with van der Waals surface area (Å²) in [5, 5.41) is 8.11. The predicted molar refractivity (Wildman–Crippen MR) is 83.2 cm³/mol. The molecule has 0 spiro atoms. The molecule has 3 unspecified atom stereocenters. The number of rotatable bonds is 3. The Bertz CT molecular complexity index is 547. The largest absolute Gasteiger partial charge is 0.380 e. The molecule has 1 aliphatic carbocycles. The molecular weight excluding hydrogens is 246 g/mol. The van der Waals surface area contributed by atoms with Gasteiger partial charge in [-0.25, -0.2) is 4.68 Å². The number of benzene rings is 1. The Morgan fingerprint density at radius 2 is 2.00 bits per heavy atom. The number of nitrogens with one attached hydrogen (secondary N) is 1. The van der Waals surface area contributed by atoms with Crippen molar-refractivity contribution in [1.29, 1.82) is 0 Å². The van der Waals surface area contributed by atoms with Crippen LogP contribution in [-0.2, 0) is 0 Å². The molecule has 1 aromatic heterocycles. The van der Waals surface area contributed by atoms with E-state index in [9.17, 15) is 0 Å². The van der Waals surface area contributed by atoms with Gasteiger partial charge in [-0.3, -0.25) is 0 Å². The molecule has 1 aliphatic rings. The van der Waals surface area contributed by atoms with Crippen molar-refractivity contribution >= 4 is 5.69 Å². The number of aromatic nitrogens is 2. The van der Waals surface area contributed by atoms with Gasteiger partial charge in [0.15, 0.2) is 0 Å². The first kappa shape index (κ1) is 13.2. The minimum atomic E-state index is 0.565. The highest BCUT2D eigenvalue weighted by atomic mass is 15.3. The van der Waals surface area contributed by atoms with Crippen molar-refractivity contribution in [2.24, 2.45) is 11.8 Å². The second-order valence-electron chi connectivity index (χ2n) is 6.11. The fourth-order valence-electron chi connectivity index (χ4n) is 3.14.